The number of rotatable bonds is 17. The number of ether oxygens (including phenoxy) is 5. The Morgan fingerprint density at radius 3 is 2.38 bits per heavy atom. The summed E-state index contributed by atoms with van der Waals surface area (Å²) >= 11 is 0. The van der Waals surface area contributed by atoms with Crippen molar-refractivity contribution >= 4 is 17.9 Å². The number of hydrogen-bond donors (Lipinski definition) is 1. The molecular weight excluding hydrogens is 412 g/mol. The highest BCUT2D eigenvalue weighted by molar-refractivity contribution is 6.00. The van der Waals surface area contributed by atoms with E-state index in [0.717, 1.165) is 43.2 Å². The van der Waals surface area contributed by atoms with Gasteiger partial charge in [0.05, 0.1) is 31.5 Å². The Hall–Kier alpha value is -1.61. The monoisotopic (exact) mass is 454 g/mol. The number of nitrogens with one attached hydrogen (secondary N) is 1. The Kier molecular flexibility index (Phi) is 15.1. The van der Waals surface area contributed by atoms with E-state index in [2.05, 4.69) is 4.99 Å². The summed E-state index contributed by atoms with van der Waals surface area (Å²) in [4.78, 5) is 17.2. The van der Waals surface area contributed by atoms with Crippen LogP contribution in [-0.4, -0.2) is 82.9 Å². The molecule has 32 heavy (non-hydrogen) atoms. The number of allylic oxidation sites excluding steroid dienone is 1. The summed E-state index contributed by atoms with van der Waals surface area (Å²) in [6.07, 6.45) is 6.26. The molecule has 0 amide bonds. The zero-order valence-corrected chi connectivity index (χ0v) is 20.4. The first-order chi connectivity index (χ1) is 15.4. The maximum atomic E-state index is 12.6. The SMILES string of the molecule is CCOC(C)COC(C)COC(C)COC(=O)C(C=N)C1=CC(=NCCCOC)CCC1. The first-order valence-electron chi connectivity index (χ1n) is 11.7. The standard InChI is InChI=1S/C24H42N2O6/c1-6-29-18(2)15-30-19(3)16-31-20(4)17-32-24(27)23(14-25)21-9-7-10-22(13-21)26-11-8-12-28-5/h13-14,18-20,23,25H,6-12,15-17H2,1-5H3. The van der Waals surface area contributed by atoms with Crippen LogP contribution in [0.25, 0.3) is 0 Å². The van der Waals surface area contributed by atoms with Crippen molar-refractivity contribution in [2.45, 2.75) is 71.7 Å². The van der Waals surface area contributed by atoms with E-state index in [0.29, 0.717) is 33.0 Å². The van der Waals surface area contributed by atoms with E-state index in [-0.39, 0.29) is 24.9 Å². The number of carbonyl (C=O) groups excluding carboxylic acids is 1. The van der Waals surface area contributed by atoms with Crippen LogP contribution in [-0.2, 0) is 28.5 Å². The third-order valence-corrected chi connectivity index (χ3v) is 5.03. The maximum Gasteiger partial charge on any atom is 0.318 e. The van der Waals surface area contributed by atoms with E-state index >= 15 is 0 Å². The summed E-state index contributed by atoms with van der Waals surface area (Å²) in [6.45, 7) is 10.8. The van der Waals surface area contributed by atoms with Gasteiger partial charge in [0.2, 0.25) is 0 Å². The predicted molar refractivity (Wildman–Crippen MR) is 126 cm³/mol. The second-order valence-corrected chi connectivity index (χ2v) is 8.12. The predicted octanol–water partition coefficient (Wildman–Crippen LogP) is 3.62. The zero-order chi connectivity index (χ0) is 23.8. The largest absolute Gasteiger partial charge is 0.462 e. The van der Waals surface area contributed by atoms with Crippen LogP contribution < -0.4 is 0 Å². The highest BCUT2D eigenvalue weighted by Gasteiger charge is 2.25. The number of hydrogen-bond acceptors (Lipinski definition) is 8. The Morgan fingerprint density at radius 1 is 1.09 bits per heavy atom. The van der Waals surface area contributed by atoms with Gasteiger partial charge in [0.15, 0.2) is 0 Å². The quantitative estimate of drug-likeness (QED) is 0.205. The number of carbonyl (C=O) groups is 1. The van der Waals surface area contributed by atoms with Crippen LogP contribution in [0, 0.1) is 11.3 Å². The van der Waals surface area contributed by atoms with E-state index in [9.17, 15) is 4.79 Å². The summed E-state index contributed by atoms with van der Waals surface area (Å²) in [6, 6.07) is 0. The first-order valence-corrected chi connectivity index (χ1v) is 11.7. The molecule has 8 nitrogen and oxygen atoms in total. The summed E-state index contributed by atoms with van der Waals surface area (Å²) in [5, 5.41) is 7.74. The van der Waals surface area contributed by atoms with Crippen molar-refractivity contribution in [2.24, 2.45) is 10.9 Å². The van der Waals surface area contributed by atoms with Gasteiger partial charge in [0, 0.05) is 38.8 Å². The van der Waals surface area contributed by atoms with Crippen LogP contribution in [0.15, 0.2) is 16.6 Å². The van der Waals surface area contributed by atoms with Gasteiger partial charge in [-0.2, -0.15) is 0 Å². The van der Waals surface area contributed by atoms with Crippen molar-refractivity contribution in [1.82, 2.24) is 0 Å². The van der Waals surface area contributed by atoms with Crippen LogP contribution in [0.4, 0.5) is 0 Å². The number of methoxy groups -OCH3 is 1. The molecule has 0 saturated heterocycles. The average molecular weight is 455 g/mol. The molecule has 1 rings (SSSR count). The van der Waals surface area contributed by atoms with E-state index in [4.69, 9.17) is 29.1 Å². The summed E-state index contributed by atoms with van der Waals surface area (Å²) < 4.78 is 27.4. The van der Waals surface area contributed by atoms with Crippen molar-refractivity contribution in [3.05, 3.63) is 11.6 Å². The molecule has 0 radical (unpaired) electrons. The molecule has 0 aromatic heterocycles. The molecule has 0 spiro atoms. The zero-order valence-electron chi connectivity index (χ0n) is 20.4. The van der Waals surface area contributed by atoms with Gasteiger partial charge in [-0.25, -0.2) is 0 Å². The average Bonchev–Trinajstić information content (AvgIpc) is 2.78. The van der Waals surface area contributed by atoms with Crippen molar-refractivity contribution in [3.8, 4) is 0 Å². The van der Waals surface area contributed by atoms with Gasteiger partial charge in [-0.15, -0.1) is 0 Å². The summed E-state index contributed by atoms with van der Waals surface area (Å²) in [7, 11) is 1.68. The van der Waals surface area contributed by atoms with Gasteiger partial charge < -0.3 is 29.1 Å². The fourth-order valence-corrected chi connectivity index (χ4v) is 3.28. The highest BCUT2D eigenvalue weighted by Crippen LogP contribution is 2.23. The normalized spacial score (nSPS) is 19.2. The van der Waals surface area contributed by atoms with Gasteiger partial charge in [-0.3, -0.25) is 9.79 Å². The van der Waals surface area contributed by atoms with Crippen LogP contribution in [0.5, 0.6) is 0 Å². The molecule has 0 saturated carbocycles. The van der Waals surface area contributed by atoms with Gasteiger partial charge in [0.25, 0.3) is 0 Å². The maximum absolute atomic E-state index is 12.6. The van der Waals surface area contributed by atoms with Gasteiger partial charge in [-0.05, 0) is 65.0 Å². The first kappa shape index (κ1) is 28.4. The lowest BCUT2D eigenvalue weighted by atomic mass is 9.89. The van der Waals surface area contributed by atoms with E-state index in [1.54, 1.807) is 7.11 Å². The molecule has 4 atom stereocenters. The van der Waals surface area contributed by atoms with Crippen LogP contribution in [0.2, 0.25) is 0 Å². The van der Waals surface area contributed by atoms with Crippen molar-refractivity contribution < 1.29 is 28.5 Å². The van der Waals surface area contributed by atoms with Crippen LogP contribution in [0.3, 0.4) is 0 Å². The third-order valence-electron chi connectivity index (χ3n) is 5.03. The minimum Gasteiger partial charge on any atom is -0.462 e. The Bertz CT molecular complexity index is 607. The third kappa shape index (κ3) is 11.9. The second-order valence-electron chi connectivity index (χ2n) is 8.12. The van der Waals surface area contributed by atoms with Crippen molar-refractivity contribution in [2.75, 3.05) is 46.7 Å². The lowest BCUT2D eigenvalue weighted by Gasteiger charge is -2.22. The molecule has 4 unspecified atom stereocenters. The summed E-state index contributed by atoms with van der Waals surface area (Å²) in [5.74, 6) is -1.09. The van der Waals surface area contributed by atoms with Crippen LogP contribution >= 0.6 is 0 Å². The molecule has 0 aliphatic heterocycles. The molecule has 0 heterocycles. The molecule has 1 aliphatic carbocycles. The molecular formula is C24H42N2O6. The molecule has 0 bridgehead atoms. The van der Waals surface area contributed by atoms with Crippen molar-refractivity contribution in [1.29, 1.82) is 5.41 Å². The van der Waals surface area contributed by atoms with E-state index in [1.165, 1.54) is 0 Å². The highest BCUT2D eigenvalue weighted by atomic mass is 16.6. The molecule has 0 fully saturated rings. The number of esters is 1. The fourth-order valence-electron chi connectivity index (χ4n) is 3.28. The minimum atomic E-state index is -0.672. The molecule has 1 N–H and O–H groups in total. The topological polar surface area (TPSA) is 99.4 Å². The Labute approximate surface area is 193 Å². The number of aliphatic imine (C=N–C) groups is 1. The lowest BCUT2D eigenvalue weighted by Crippen LogP contribution is -2.29. The second kappa shape index (κ2) is 16.9. The minimum absolute atomic E-state index is 0.0453. The van der Waals surface area contributed by atoms with Crippen LogP contribution in [0.1, 0.15) is 53.4 Å². The van der Waals surface area contributed by atoms with E-state index < -0.39 is 11.9 Å². The van der Waals surface area contributed by atoms with Gasteiger partial charge in [0.1, 0.15) is 12.5 Å². The Balaban J connectivity index is 2.43. The Morgan fingerprint density at radius 2 is 1.75 bits per heavy atom. The molecule has 0 aromatic carbocycles. The fraction of sp³-hybridized carbons (Fsp3) is 0.792. The lowest BCUT2D eigenvalue weighted by molar-refractivity contribution is -0.150. The molecule has 184 valence electrons. The smallest absolute Gasteiger partial charge is 0.318 e. The number of nitrogens with zero attached hydrogens (tertiary/aromatic N) is 1. The molecule has 1 aliphatic rings. The van der Waals surface area contributed by atoms with Crippen molar-refractivity contribution in [3.63, 3.8) is 0 Å². The van der Waals surface area contributed by atoms with E-state index in [1.807, 2.05) is 33.8 Å². The summed E-state index contributed by atoms with van der Waals surface area (Å²) in [5.41, 5.74) is 1.87. The molecule has 0 aromatic rings. The van der Waals surface area contributed by atoms with Gasteiger partial charge in [-0.1, -0.05) is 0 Å². The van der Waals surface area contributed by atoms with Gasteiger partial charge >= 0.3 is 5.97 Å². The molecule has 8 heteroatoms.